The molecule has 1 amide bonds. The van der Waals surface area contributed by atoms with Gasteiger partial charge in [0, 0.05) is 11.3 Å². The Morgan fingerprint density at radius 2 is 1.72 bits per heavy atom. The molecule has 3 aromatic rings. The van der Waals surface area contributed by atoms with E-state index in [4.69, 9.17) is 5.73 Å². The van der Waals surface area contributed by atoms with Gasteiger partial charge in [0.15, 0.2) is 0 Å². The average Bonchev–Trinajstić information content (AvgIpc) is 2.76. The van der Waals surface area contributed by atoms with Crippen molar-refractivity contribution in [3.8, 4) is 11.1 Å². The van der Waals surface area contributed by atoms with Crippen LogP contribution < -0.4 is 11.1 Å². The normalized spacial score (nSPS) is 10.0. The molecule has 0 saturated carbocycles. The minimum Gasteiger partial charge on any atom is -0.468 e. The molecule has 6 heteroatoms. The molecular weight excluding hydrogens is 384 g/mol. The molecule has 0 heterocycles. The second-order valence-corrected chi connectivity index (χ2v) is 7.32. The smallest absolute Gasteiger partial charge is 0.325 e. The Balaban J connectivity index is 0.000000687. The van der Waals surface area contributed by atoms with E-state index in [0.29, 0.717) is 11.3 Å². The van der Waals surface area contributed by atoms with Gasteiger partial charge >= 0.3 is 5.97 Å². The summed E-state index contributed by atoms with van der Waals surface area (Å²) in [4.78, 5) is 23.8. The van der Waals surface area contributed by atoms with Crippen LogP contribution in [-0.2, 0) is 9.53 Å². The van der Waals surface area contributed by atoms with Gasteiger partial charge in [-0.1, -0.05) is 49.4 Å². The number of carbonyl (C=O) groups excluding carboxylic acids is 2. The number of hydrogen-bond donors (Lipinski definition) is 2. The highest BCUT2D eigenvalue weighted by Crippen LogP contribution is 2.32. The molecule has 0 aliphatic rings. The number of nitrogens with two attached hydrogens (primary N) is 1. The molecule has 3 N–H and O–H groups in total. The van der Waals surface area contributed by atoms with E-state index in [1.165, 1.54) is 12.9 Å². The number of hydrogen-bond acceptors (Lipinski definition) is 5. The molecule has 0 aromatic heterocycles. The number of carbonyl (C=O) groups is 2. The Morgan fingerprint density at radius 3 is 2.41 bits per heavy atom. The topological polar surface area (TPSA) is 81.4 Å². The molecule has 152 valence electrons. The molecule has 0 radical (unpaired) electrons. The number of fused-ring (bicyclic) bond motifs is 1. The van der Waals surface area contributed by atoms with E-state index in [9.17, 15) is 9.59 Å². The summed E-state index contributed by atoms with van der Waals surface area (Å²) in [7, 11) is 1.28. The van der Waals surface area contributed by atoms with E-state index >= 15 is 0 Å². The van der Waals surface area contributed by atoms with E-state index < -0.39 is 5.97 Å². The lowest BCUT2D eigenvalue weighted by Gasteiger charge is -2.13. The van der Waals surface area contributed by atoms with Crippen molar-refractivity contribution < 1.29 is 14.3 Å². The number of anilines is 1. The molecule has 0 unspecified atom stereocenters. The van der Waals surface area contributed by atoms with Gasteiger partial charge in [-0.3, -0.25) is 9.59 Å². The third-order valence-corrected chi connectivity index (χ3v) is 4.86. The number of methoxy groups -OCH3 is 1. The van der Waals surface area contributed by atoms with Crippen LogP contribution in [0.4, 0.5) is 5.69 Å². The lowest BCUT2D eigenvalue weighted by atomic mass is 9.94. The molecule has 0 saturated heterocycles. The predicted molar refractivity (Wildman–Crippen MR) is 122 cm³/mol. The predicted octanol–water partition coefficient (Wildman–Crippen LogP) is 4.36. The lowest BCUT2D eigenvalue weighted by molar-refractivity contribution is -0.139. The zero-order valence-corrected chi connectivity index (χ0v) is 17.7. The van der Waals surface area contributed by atoms with Crippen LogP contribution in [-0.4, -0.2) is 37.5 Å². The molecule has 0 fully saturated rings. The summed E-state index contributed by atoms with van der Waals surface area (Å²) in [5, 5.41) is 4.67. The van der Waals surface area contributed by atoms with E-state index in [1.807, 2.05) is 54.2 Å². The molecule has 0 aliphatic carbocycles. The van der Waals surface area contributed by atoms with Crippen LogP contribution in [0.15, 0.2) is 60.7 Å². The molecule has 0 spiro atoms. The van der Waals surface area contributed by atoms with Crippen molar-refractivity contribution >= 4 is 40.1 Å². The van der Waals surface area contributed by atoms with E-state index in [1.54, 1.807) is 18.2 Å². The number of nitrogens with one attached hydrogen (secondary N) is 1. The Labute approximate surface area is 175 Å². The van der Waals surface area contributed by atoms with Gasteiger partial charge in [0.05, 0.1) is 7.11 Å². The Bertz CT molecular complexity index is 982. The van der Waals surface area contributed by atoms with Crippen LogP contribution in [0.5, 0.6) is 0 Å². The highest BCUT2D eigenvalue weighted by atomic mass is 32.2. The highest BCUT2D eigenvalue weighted by Gasteiger charge is 2.16. The maximum atomic E-state index is 12.5. The molecule has 3 rings (SSSR count). The van der Waals surface area contributed by atoms with Crippen LogP contribution in [0.1, 0.15) is 17.3 Å². The first-order valence-corrected chi connectivity index (χ1v) is 10.6. The number of rotatable bonds is 5. The van der Waals surface area contributed by atoms with Gasteiger partial charge in [-0.15, -0.1) is 0 Å². The largest absolute Gasteiger partial charge is 0.468 e. The standard InChI is InChI=1S/C20H18N2O3.C3H8S/c1-25-19(23)12-22-20(24)17-10-9-14(21)11-18(17)16-8-4-6-13-5-2-3-7-15(13)16;1-3-4-2/h2-11H,12,21H2,1H3,(H,22,24);3H2,1-2H3. The fourth-order valence-corrected chi connectivity index (χ4v) is 2.76. The summed E-state index contributed by atoms with van der Waals surface area (Å²) in [5.41, 5.74) is 8.59. The van der Waals surface area contributed by atoms with Crippen molar-refractivity contribution in [2.75, 3.05) is 31.4 Å². The van der Waals surface area contributed by atoms with Gasteiger partial charge in [0.2, 0.25) is 0 Å². The molecule has 0 atom stereocenters. The summed E-state index contributed by atoms with van der Waals surface area (Å²) in [6.45, 7) is 1.96. The van der Waals surface area contributed by atoms with Crippen molar-refractivity contribution in [1.82, 2.24) is 5.32 Å². The van der Waals surface area contributed by atoms with Crippen molar-refractivity contribution in [3.63, 3.8) is 0 Å². The number of esters is 1. The summed E-state index contributed by atoms with van der Waals surface area (Å²) in [5.74, 6) is 0.379. The van der Waals surface area contributed by atoms with Crippen LogP contribution in [0, 0.1) is 0 Å². The van der Waals surface area contributed by atoms with Crippen LogP contribution in [0.2, 0.25) is 0 Å². The van der Waals surface area contributed by atoms with Gasteiger partial charge in [-0.2, -0.15) is 11.8 Å². The Morgan fingerprint density at radius 1 is 1.03 bits per heavy atom. The Kier molecular flexibility index (Phi) is 8.55. The molecule has 29 heavy (non-hydrogen) atoms. The van der Waals surface area contributed by atoms with Crippen molar-refractivity contribution in [2.45, 2.75) is 6.92 Å². The fourth-order valence-electron chi connectivity index (χ4n) is 2.76. The average molecular weight is 411 g/mol. The van der Waals surface area contributed by atoms with E-state index in [0.717, 1.165) is 21.9 Å². The molecular formula is C23H26N2O3S. The summed E-state index contributed by atoms with van der Waals surface area (Å²) in [6, 6.07) is 19.0. The van der Waals surface area contributed by atoms with Crippen LogP contribution in [0.3, 0.4) is 0 Å². The van der Waals surface area contributed by atoms with Gasteiger partial charge in [-0.05, 0) is 52.1 Å². The van der Waals surface area contributed by atoms with Gasteiger partial charge in [0.25, 0.3) is 5.91 Å². The summed E-state index contributed by atoms with van der Waals surface area (Å²) < 4.78 is 4.55. The lowest BCUT2D eigenvalue weighted by Crippen LogP contribution is -2.30. The zero-order valence-electron chi connectivity index (χ0n) is 16.9. The number of ether oxygens (including phenoxy) is 1. The number of thioether (sulfide) groups is 1. The maximum Gasteiger partial charge on any atom is 0.325 e. The number of nitrogen functional groups attached to an aromatic ring is 1. The Hall–Kier alpha value is -2.99. The molecule has 3 aromatic carbocycles. The second-order valence-electron chi connectivity index (χ2n) is 6.17. The zero-order chi connectivity index (χ0) is 21.2. The highest BCUT2D eigenvalue weighted by molar-refractivity contribution is 7.98. The molecule has 0 bridgehead atoms. The number of amides is 1. The third-order valence-electron chi connectivity index (χ3n) is 4.28. The van der Waals surface area contributed by atoms with E-state index in [-0.39, 0.29) is 12.5 Å². The first-order chi connectivity index (χ1) is 14.0. The van der Waals surface area contributed by atoms with Crippen molar-refractivity contribution in [2.24, 2.45) is 0 Å². The van der Waals surface area contributed by atoms with Crippen molar-refractivity contribution in [3.05, 3.63) is 66.2 Å². The fraction of sp³-hybridized carbons (Fsp3) is 0.217. The molecule has 0 aliphatic heterocycles. The molecule has 5 nitrogen and oxygen atoms in total. The van der Waals surface area contributed by atoms with Crippen LogP contribution >= 0.6 is 11.8 Å². The van der Waals surface area contributed by atoms with E-state index in [2.05, 4.69) is 23.2 Å². The minimum atomic E-state index is -0.504. The quantitative estimate of drug-likeness (QED) is 0.482. The van der Waals surface area contributed by atoms with Gasteiger partial charge in [-0.25, -0.2) is 0 Å². The van der Waals surface area contributed by atoms with Crippen molar-refractivity contribution in [1.29, 1.82) is 0 Å². The van der Waals surface area contributed by atoms with Crippen LogP contribution in [0.25, 0.3) is 21.9 Å². The minimum absolute atomic E-state index is 0.186. The first kappa shape index (κ1) is 22.3. The van der Waals surface area contributed by atoms with Gasteiger partial charge in [0.1, 0.15) is 6.54 Å². The summed E-state index contributed by atoms with van der Waals surface area (Å²) in [6.07, 6.45) is 2.10. The third kappa shape index (κ3) is 5.99. The first-order valence-electron chi connectivity index (χ1n) is 9.23. The van der Waals surface area contributed by atoms with Gasteiger partial charge < -0.3 is 15.8 Å². The maximum absolute atomic E-state index is 12.5. The monoisotopic (exact) mass is 410 g/mol. The second kappa shape index (κ2) is 11.1. The number of benzene rings is 3. The SMILES string of the molecule is CCSC.COC(=O)CNC(=O)c1ccc(N)cc1-c1cccc2ccccc12. The summed E-state index contributed by atoms with van der Waals surface area (Å²) >= 11 is 1.86.